The van der Waals surface area contributed by atoms with E-state index in [9.17, 15) is 14.4 Å². The maximum atomic E-state index is 12.4. The Hall–Kier alpha value is -2.32. The van der Waals surface area contributed by atoms with E-state index in [-0.39, 0.29) is 18.2 Å². The fourth-order valence-corrected chi connectivity index (χ4v) is 5.67. The Morgan fingerprint density at radius 3 is 2.93 bits per heavy atom. The number of aryl methyl sites for hydroxylation is 1. The van der Waals surface area contributed by atoms with Gasteiger partial charge in [-0.1, -0.05) is 19.1 Å². The highest BCUT2D eigenvalue weighted by atomic mass is 32.2. The molecule has 2 unspecified atom stereocenters. The molecule has 1 aromatic carbocycles. The van der Waals surface area contributed by atoms with E-state index >= 15 is 0 Å². The van der Waals surface area contributed by atoms with Gasteiger partial charge in [-0.3, -0.25) is 25.2 Å². The summed E-state index contributed by atoms with van der Waals surface area (Å²) in [6, 6.07) is 9.41. The molecule has 8 heteroatoms. The zero-order chi connectivity index (χ0) is 19.7. The van der Waals surface area contributed by atoms with Gasteiger partial charge in [0.2, 0.25) is 11.8 Å². The Morgan fingerprint density at radius 2 is 2.07 bits per heavy atom. The van der Waals surface area contributed by atoms with Crippen LogP contribution in [0.5, 0.6) is 0 Å². The van der Waals surface area contributed by atoms with Crippen LogP contribution in [0.3, 0.4) is 0 Å². The molecule has 1 aliphatic carbocycles. The predicted molar refractivity (Wildman–Crippen MR) is 110 cm³/mol. The molecule has 3 N–H and O–H groups in total. The van der Waals surface area contributed by atoms with Crippen molar-refractivity contribution in [2.45, 2.75) is 42.8 Å². The topological polar surface area (TPSA) is 87.3 Å². The van der Waals surface area contributed by atoms with Gasteiger partial charge in [-0.05, 0) is 48.9 Å². The molecule has 0 saturated heterocycles. The van der Waals surface area contributed by atoms with E-state index in [1.54, 1.807) is 0 Å². The smallest absolute Gasteiger partial charge is 0.279 e. The number of carbonyl (C=O) groups excluding carboxylic acids is 3. The largest absolute Gasteiger partial charge is 0.324 e. The van der Waals surface area contributed by atoms with Crippen molar-refractivity contribution in [1.82, 2.24) is 10.9 Å². The second-order valence-electron chi connectivity index (χ2n) is 7.21. The molecule has 0 spiro atoms. The number of anilines is 1. The van der Waals surface area contributed by atoms with Gasteiger partial charge in [0.25, 0.3) is 5.91 Å². The quantitative estimate of drug-likeness (QED) is 0.672. The third kappa shape index (κ3) is 4.07. The lowest BCUT2D eigenvalue weighted by Crippen LogP contribution is -2.43. The van der Waals surface area contributed by atoms with Crippen LogP contribution in [-0.4, -0.2) is 23.0 Å². The molecule has 4 rings (SSSR count). The first-order chi connectivity index (χ1) is 13.5. The molecule has 1 aliphatic heterocycles. The third-order valence-corrected chi connectivity index (χ3v) is 7.46. The van der Waals surface area contributed by atoms with Gasteiger partial charge >= 0.3 is 0 Å². The summed E-state index contributed by atoms with van der Waals surface area (Å²) in [5.74, 6) is -0.269. The lowest BCUT2D eigenvalue weighted by Gasteiger charge is -2.23. The Bertz CT molecular complexity index is 941. The third-order valence-electron chi connectivity index (χ3n) is 4.95. The monoisotopic (exact) mass is 415 g/mol. The second-order valence-corrected chi connectivity index (χ2v) is 9.59. The summed E-state index contributed by atoms with van der Waals surface area (Å²) < 4.78 is 0. The molecule has 6 nitrogen and oxygen atoms in total. The number of benzene rings is 1. The van der Waals surface area contributed by atoms with Gasteiger partial charge in [0.05, 0.1) is 15.8 Å². The van der Waals surface area contributed by atoms with Crippen molar-refractivity contribution in [3.8, 4) is 0 Å². The minimum Gasteiger partial charge on any atom is -0.324 e. The number of hydrazine groups is 1. The van der Waals surface area contributed by atoms with Gasteiger partial charge in [0.1, 0.15) is 0 Å². The first-order valence-corrected chi connectivity index (χ1v) is 11.0. The number of hydrogen-bond acceptors (Lipinski definition) is 5. The van der Waals surface area contributed by atoms with Crippen molar-refractivity contribution in [2.75, 3.05) is 5.32 Å². The van der Waals surface area contributed by atoms with Crippen LogP contribution in [0.1, 0.15) is 39.9 Å². The Kier molecular flexibility index (Phi) is 5.41. The number of para-hydroxylation sites is 1. The summed E-state index contributed by atoms with van der Waals surface area (Å²) in [4.78, 5) is 39.6. The predicted octanol–water partition coefficient (Wildman–Crippen LogP) is 3.14. The number of amides is 3. The van der Waals surface area contributed by atoms with E-state index in [4.69, 9.17) is 0 Å². The van der Waals surface area contributed by atoms with Gasteiger partial charge < -0.3 is 5.32 Å². The van der Waals surface area contributed by atoms with Gasteiger partial charge in [-0.2, -0.15) is 0 Å². The number of thiophene rings is 1. The van der Waals surface area contributed by atoms with Crippen molar-refractivity contribution in [2.24, 2.45) is 5.92 Å². The molecule has 0 radical (unpaired) electrons. The first kappa shape index (κ1) is 19.0. The molecule has 2 atom stereocenters. The normalized spacial score (nSPS) is 20.5. The van der Waals surface area contributed by atoms with E-state index in [1.165, 1.54) is 33.5 Å². The van der Waals surface area contributed by atoms with Crippen LogP contribution in [0.25, 0.3) is 0 Å². The molecule has 0 saturated carbocycles. The van der Waals surface area contributed by atoms with Crippen molar-refractivity contribution < 1.29 is 14.4 Å². The molecule has 0 bridgehead atoms. The van der Waals surface area contributed by atoms with E-state index < -0.39 is 11.2 Å². The number of hydrogen-bond donors (Lipinski definition) is 3. The first-order valence-electron chi connectivity index (χ1n) is 9.27. The lowest BCUT2D eigenvalue weighted by molar-refractivity contribution is -0.124. The standard InChI is InChI=1S/C20H21N3O3S2/c1-11-6-7-14-12(8-11)9-16(27-14)20(26)23-22-18(24)10-17-19(25)21-13-4-2-3-5-15(13)28-17/h2-5,9,11,17H,6-8,10H2,1H3,(H,21,25)(H,22,24)(H,23,26). The maximum Gasteiger partial charge on any atom is 0.279 e. The van der Waals surface area contributed by atoms with Crippen LogP contribution in [-0.2, 0) is 22.4 Å². The molecular weight excluding hydrogens is 394 g/mol. The fraction of sp³-hybridized carbons (Fsp3) is 0.350. The summed E-state index contributed by atoms with van der Waals surface area (Å²) in [6.07, 6.45) is 3.15. The van der Waals surface area contributed by atoms with E-state index in [0.29, 0.717) is 10.8 Å². The summed E-state index contributed by atoms with van der Waals surface area (Å²) in [6.45, 7) is 2.22. The van der Waals surface area contributed by atoms with Gasteiger partial charge in [0, 0.05) is 16.2 Å². The Balaban J connectivity index is 1.31. The van der Waals surface area contributed by atoms with Crippen LogP contribution in [0, 0.1) is 5.92 Å². The highest BCUT2D eigenvalue weighted by Gasteiger charge is 2.29. The maximum absolute atomic E-state index is 12.4. The van der Waals surface area contributed by atoms with Crippen LogP contribution in [0.2, 0.25) is 0 Å². The Morgan fingerprint density at radius 1 is 1.25 bits per heavy atom. The molecule has 2 aliphatic rings. The van der Waals surface area contributed by atoms with Crippen LogP contribution in [0.15, 0.2) is 35.2 Å². The minimum atomic E-state index is -0.526. The van der Waals surface area contributed by atoms with Crippen molar-refractivity contribution in [1.29, 1.82) is 0 Å². The van der Waals surface area contributed by atoms with Crippen LogP contribution >= 0.6 is 23.1 Å². The summed E-state index contributed by atoms with van der Waals surface area (Å²) in [5.41, 5.74) is 6.92. The zero-order valence-electron chi connectivity index (χ0n) is 15.4. The van der Waals surface area contributed by atoms with Crippen LogP contribution in [0.4, 0.5) is 5.69 Å². The van der Waals surface area contributed by atoms with Crippen molar-refractivity contribution in [3.63, 3.8) is 0 Å². The lowest BCUT2D eigenvalue weighted by atomic mass is 9.90. The average Bonchev–Trinajstić information content (AvgIpc) is 3.10. The molecular formula is C20H21N3O3S2. The summed E-state index contributed by atoms with van der Waals surface area (Å²) in [7, 11) is 0. The van der Waals surface area contributed by atoms with Gasteiger partial charge in [0.15, 0.2) is 0 Å². The van der Waals surface area contributed by atoms with E-state index in [0.717, 1.165) is 29.8 Å². The van der Waals surface area contributed by atoms with Gasteiger partial charge in [-0.15, -0.1) is 23.1 Å². The molecule has 3 amide bonds. The van der Waals surface area contributed by atoms with Crippen molar-refractivity contribution in [3.05, 3.63) is 45.6 Å². The molecule has 146 valence electrons. The molecule has 0 fully saturated rings. The number of nitrogens with one attached hydrogen (secondary N) is 3. The number of rotatable bonds is 3. The Labute approximate surface area is 171 Å². The number of fused-ring (bicyclic) bond motifs is 2. The average molecular weight is 416 g/mol. The molecule has 2 aromatic rings. The van der Waals surface area contributed by atoms with Crippen molar-refractivity contribution >= 4 is 46.5 Å². The van der Waals surface area contributed by atoms with Gasteiger partial charge in [-0.25, -0.2) is 0 Å². The van der Waals surface area contributed by atoms with E-state index in [2.05, 4.69) is 23.1 Å². The summed E-state index contributed by atoms with van der Waals surface area (Å²) >= 11 is 2.85. The molecule has 28 heavy (non-hydrogen) atoms. The summed E-state index contributed by atoms with van der Waals surface area (Å²) in [5, 5.41) is 2.29. The highest BCUT2D eigenvalue weighted by Crippen LogP contribution is 2.36. The fourth-order valence-electron chi connectivity index (χ4n) is 3.45. The SMILES string of the molecule is CC1CCc2sc(C(=O)NNC(=O)CC3Sc4ccccc4NC3=O)cc2C1. The highest BCUT2D eigenvalue weighted by molar-refractivity contribution is 8.01. The minimum absolute atomic E-state index is 0.0103. The van der Waals surface area contributed by atoms with Crippen LogP contribution < -0.4 is 16.2 Å². The molecule has 1 aromatic heterocycles. The zero-order valence-corrected chi connectivity index (χ0v) is 17.0. The van der Waals surface area contributed by atoms with E-state index in [1.807, 2.05) is 30.3 Å². The second kappa shape index (κ2) is 7.97. The molecule has 2 heterocycles. The number of thioether (sulfide) groups is 1. The number of carbonyl (C=O) groups is 3.